The summed E-state index contributed by atoms with van der Waals surface area (Å²) < 4.78 is 12.1. The van der Waals surface area contributed by atoms with Gasteiger partial charge in [-0.15, -0.1) is 0 Å². The molecule has 0 spiro atoms. The third-order valence-electron chi connectivity index (χ3n) is 4.71. The fraction of sp³-hybridized carbons (Fsp3) is 0.300. The molecule has 1 saturated carbocycles. The van der Waals surface area contributed by atoms with E-state index in [1.54, 1.807) is 12.5 Å². The Labute approximate surface area is 150 Å². The fourth-order valence-electron chi connectivity index (χ4n) is 3.26. The molecule has 2 heterocycles. The average Bonchev–Trinajstić information content (AvgIpc) is 3.24. The Morgan fingerprint density at radius 1 is 1.23 bits per heavy atom. The van der Waals surface area contributed by atoms with Gasteiger partial charge < -0.3 is 18.6 Å². The first kappa shape index (κ1) is 16.4. The summed E-state index contributed by atoms with van der Waals surface area (Å²) in [6.07, 6.45) is 5.36. The van der Waals surface area contributed by atoms with Crippen molar-refractivity contribution in [3.8, 4) is 0 Å². The molecule has 0 N–H and O–H groups in total. The number of fused-ring (bicyclic) bond motifs is 1. The zero-order valence-electron chi connectivity index (χ0n) is 14.6. The summed E-state index contributed by atoms with van der Waals surface area (Å²) in [5.41, 5.74) is 1.31. The largest absolute Gasteiger partial charge is 0.467 e. The highest BCUT2D eigenvalue weighted by molar-refractivity contribution is 6.04. The molecular formula is C20H20N2O4. The van der Waals surface area contributed by atoms with Crippen LogP contribution in [0.15, 0.2) is 53.3 Å². The molecule has 0 atom stereocenters. The lowest BCUT2D eigenvalue weighted by molar-refractivity contribution is -0.133. The summed E-state index contributed by atoms with van der Waals surface area (Å²) in [4.78, 5) is 26.9. The number of aromatic nitrogens is 1. The monoisotopic (exact) mass is 352 g/mol. The number of rotatable bonds is 6. The number of nitrogens with zero attached hydrogens (tertiary/aromatic N) is 2. The van der Waals surface area contributed by atoms with Gasteiger partial charge in [-0.1, -0.05) is 18.2 Å². The topological polar surface area (TPSA) is 64.7 Å². The van der Waals surface area contributed by atoms with Crippen LogP contribution in [0.25, 0.3) is 10.9 Å². The zero-order chi connectivity index (χ0) is 18.1. The minimum absolute atomic E-state index is 0.0149. The molecule has 3 aromatic rings. The van der Waals surface area contributed by atoms with E-state index >= 15 is 0 Å². The molecule has 0 aliphatic heterocycles. The van der Waals surface area contributed by atoms with Gasteiger partial charge in [0.25, 0.3) is 0 Å². The number of carbonyl (C=O) groups is 2. The molecule has 1 fully saturated rings. The van der Waals surface area contributed by atoms with Gasteiger partial charge in [-0.2, -0.15) is 0 Å². The molecule has 6 heteroatoms. The van der Waals surface area contributed by atoms with E-state index in [1.807, 2.05) is 45.9 Å². The van der Waals surface area contributed by atoms with Crippen LogP contribution in [0.1, 0.15) is 29.0 Å². The molecule has 26 heavy (non-hydrogen) atoms. The van der Waals surface area contributed by atoms with Gasteiger partial charge in [0.05, 0.1) is 25.5 Å². The van der Waals surface area contributed by atoms with Crippen LogP contribution in [-0.2, 0) is 22.6 Å². The maximum absolute atomic E-state index is 13.0. The van der Waals surface area contributed by atoms with E-state index in [-0.39, 0.29) is 18.5 Å². The third kappa shape index (κ3) is 3.10. The molecule has 6 nitrogen and oxygen atoms in total. The van der Waals surface area contributed by atoms with Gasteiger partial charge in [-0.05, 0) is 31.0 Å². The number of hydrogen-bond donors (Lipinski definition) is 0. The molecule has 4 rings (SSSR count). The van der Waals surface area contributed by atoms with Crippen molar-refractivity contribution in [1.29, 1.82) is 0 Å². The van der Waals surface area contributed by atoms with Gasteiger partial charge in [0.1, 0.15) is 12.3 Å². The van der Waals surface area contributed by atoms with Gasteiger partial charge >= 0.3 is 5.97 Å². The van der Waals surface area contributed by atoms with Crippen molar-refractivity contribution in [2.45, 2.75) is 32.0 Å². The molecule has 2 aromatic heterocycles. The molecule has 1 amide bonds. The van der Waals surface area contributed by atoms with Crippen LogP contribution in [0, 0.1) is 0 Å². The molecular weight excluding hydrogens is 332 g/mol. The number of para-hydroxylation sites is 1. The molecule has 1 aromatic carbocycles. The lowest BCUT2D eigenvalue weighted by Crippen LogP contribution is -2.35. The van der Waals surface area contributed by atoms with Gasteiger partial charge in [0.15, 0.2) is 0 Å². The van der Waals surface area contributed by atoms with E-state index in [0.29, 0.717) is 12.1 Å². The quantitative estimate of drug-likeness (QED) is 0.639. The lowest BCUT2D eigenvalue weighted by atomic mass is 10.2. The maximum Gasteiger partial charge on any atom is 0.340 e. The third-order valence-corrected chi connectivity index (χ3v) is 4.71. The van der Waals surface area contributed by atoms with Crippen LogP contribution < -0.4 is 0 Å². The molecule has 1 aliphatic rings. The van der Waals surface area contributed by atoms with Crippen LogP contribution in [0.4, 0.5) is 0 Å². The van der Waals surface area contributed by atoms with Crippen molar-refractivity contribution in [3.63, 3.8) is 0 Å². The van der Waals surface area contributed by atoms with E-state index in [1.165, 1.54) is 7.11 Å². The normalized spacial score (nSPS) is 13.7. The van der Waals surface area contributed by atoms with Gasteiger partial charge in [0, 0.05) is 23.1 Å². The fourth-order valence-corrected chi connectivity index (χ4v) is 3.26. The molecule has 1 aliphatic carbocycles. The average molecular weight is 352 g/mol. The number of benzene rings is 1. The second-order valence-electron chi connectivity index (χ2n) is 6.51. The zero-order valence-corrected chi connectivity index (χ0v) is 14.6. The van der Waals surface area contributed by atoms with E-state index in [4.69, 9.17) is 9.15 Å². The second-order valence-corrected chi connectivity index (χ2v) is 6.51. The van der Waals surface area contributed by atoms with Gasteiger partial charge in [-0.25, -0.2) is 4.79 Å². The smallest absolute Gasteiger partial charge is 0.340 e. The Morgan fingerprint density at radius 2 is 2.04 bits per heavy atom. The maximum atomic E-state index is 13.0. The minimum Gasteiger partial charge on any atom is -0.467 e. The number of furan rings is 1. The Hall–Kier alpha value is -3.02. The summed E-state index contributed by atoms with van der Waals surface area (Å²) in [7, 11) is 1.36. The van der Waals surface area contributed by atoms with Crippen LogP contribution >= 0.6 is 0 Å². The second kappa shape index (κ2) is 6.71. The standard InChI is InChI=1S/C20H20N2O4/c1-25-20(24)17-12-21(18-7-3-2-6-16(17)18)13-19(23)22(14-8-9-14)11-15-5-4-10-26-15/h2-7,10,12,14H,8-9,11,13H2,1H3. The van der Waals surface area contributed by atoms with E-state index < -0.39 is 5.97 Å². The first-order valence-electron chi connectivity index (χ1n) is 8.65. The van der Waals surface area contributed by atoms with E-state index in [2.05, 4.69) is 0 Å². The SMILES string of the molecule is COC(=O)c1cn(CC(=O)N(Cc2ccco2)C2CC2)c2ccccc12. The Balaban J connectivity index is 1.61. The van der Waals surface area contributed by atoms with Gasteiger partial charge in [0.2, 0.25) is 5.91 Å². The predicted molar refractivity (Wildman–Crippen MR) is 95.6 cm³/mol. The molecule has 134 valence electrons. The highest BCUT2D eigenvalue weighted by Gasteiger charge is 2.33. The molecule has 0 radical (unpaired) electrons. The van der Waals surface area contributed by atoms with E-state index in [0.717, 1.165) is 29.5 Å². The number of methoxy groups -OCH3 is 1. The number of hydrogen-bond acceptors (Lipinski definition) is 4. The van der Waals surface area contributed by atoms with Crippen LogP contribution in [0.2, 0.25) is 0 Å². The number of carbonyl (C=O) groups excluding carboxylic acids is 2. The summed E-state index contributed by atoms with van der Waals surface area (Å²) in [5, 5.41) is 0.788. The van der Waals surface area contributed by atoms with Crippen molar-refractivity contribution < 1.29 is 18.7 Å². The first-order valence-corrected chi connectivity index (χ1v) is 8.65. The number of amides is 1. The van der Waals surface area contributed by atoms with Crippen molar-refractivity contribution in [3.05, 3.63) is 60.2 Å². The van der Waals surface area contributed by atoms with Crippen molar-refractivity contribution in [2.24, 2.45) is 0 Å². The number of ether oxygens (including phenoxy) is 1. The predicted octanol–water partition coefficient (Wildman–Crippen LogP) is 3.21. The molecule has 0 bridgehead atoms. The van der Waals surface area contributed by atoms with Crippen LogP contribution in [0.5, 0.6) is 0 Å². The van der Waals surface area contributed by atoms with E-state index in [9.17, 15) is 9.59 Å². The highest BCUT2D eigenvalue weighted by atomic mass is 16.5. The Kier molecular flexibility index (Phi) is 4.24. The summed E-state index contributed by atoms with van der Waals surface area (Å²) >= 11 is 0. The van der Waals surface area contributed by atoms with Gasteiger partial charge in [-0.3, -0.25) is 4.79 Å². The lowest BCUT2D eigenvalue weighted by Gasteiger charge is -2.22. The number of esters is 1. The van der Waals surface area contributed by atoms with Crippen molar-refractivity contribution >= 4 is 22.8 Å². The summed E-state index contributed by atoms with van der Waals surface area (Å²) in [6.45, 7) is 0.647. The summed E-state index contributed by atoms with van der Waals surface area (Å²) in [6, 6.07) is 11.5. The van der Waals surface area contributed by atoms with Crippen LogP contribution in [-0.4, -0.2) is 34.5 Å². The highest BCUT2D eigenvalue weighted by Crippen LogP contribution is 2.29. The molecule has 0 unspecified atom stereocenters. The summed E-state index contributed by atoms with van der Waals surface area (Å²) in [5.74, 6) is 0.390. The Bertz CT molecular complexity index is 938. The van der Waals surface area contributed by atoms with Crippen LogP contribution in [0.3, 0.4) is 0 Å². The van der Waals surface area contributed by atoms with Crippen molar-refractivity contribution in [2.75, 3.05) is 7.11 Å². The molecule has 0 saturated heterocycles. The Morgan fingerprint density at radius 3 is 2.73 bits per heavy atom. The first-order chi connectivity index (χ1) is 12.7. The van der Waals surface area contributed by atoms with Crippen molar-refractivity contribution in [1.82, 2.24) is 9.47 Å². The minimum atomic E-state index is -0.401.